The number of carboxylic acid groups (broad SMARTS) is 1. The molecule has 0 saturated carbocycles. The number of rotatable bonds is 8. The molecule has 0 aliphatic rings. The third-order valence-electron chi connectivity index (χ3n) is 2.63. The summed E-state index contributed by atoms with van der Waals surface area (Å²) in [4.78, 5) is 33.5. The van der Waals surface area contributed by atoms with Gasteiger partial charge in [0.1, 0.15) is 6.04 Å². The monoisotopic (exact) mass is 260 g/mol. The number of ether oxygens (including phenoxy) is 1. The molecular weight excluding hydrogens is 240 g/mol. The van der Waals surface area contributed by atoms with E-state index in [1.54, 1.807) is 6.92 Å². The summed E-state index contributed by atoms with van der Waals surface area (Å²) in [5, 5.41) is 11.3. The van der Waals surface area contributed by atoms with E-state index in [0.717, 1.165) is 0 Å². The first-order valence-electron chi connectivity index (χ1n) is 5.76. The van der Waals surface area contributed by atoms with Gasteiger partial charge in [-0.05, 0) is 12.8 Å². The van der Waals surface area contributed by atoms with Crippen LogP contribution < -0.4 is 11.1 Å². The van der Waals surface area contributed by atoms with Crippen molar-refractivity contribution in [2.45, 2.75) is 32.2 Å². The molecule has 0 aromatic carbocycles. The van der Waals surface area contributed by atoms with E-state index >= 15 is 0 Å². The van der Waals surface area contributed by atoms with Gasteiger partial charge in [-0.15, -0.1) is 0 Å². The lowest BCUT2D eigenvalue weighted by atomic mass is 10.0. The minimum atomic E-state index is -1.18. The molecule has 18 heavy (non-hydrogen) atoms. The first-order chi connectivity index (χ1) is 8.46. The van der Waals surface area contributed by atoms with Crippen LogP contribution in [0.15, 0.2) is 0 Å². The lowest BCUT2D eigenvalue weighted by Gasteiger charge is -2.18. The summed E-state index contributed by atoms with van der Waals surface area (Å²) in [6, 6.07) is -1.10. The van der Waals surface area contributed by atoms with E-state index in [9.17, 15) is 14.4 Å². The van der Waals surface area contributed by atoms with Gasteiger partial charge in [0.15, 0.2) is 0 Å². The van der Waals surface area contributed by atoms with E-state index in [1.807, 2.05) is 0 Å². The maximum absolute atomic E-state index is 11.7. The van der Waals surface area contributed by atoms with Crippen molar-refractivity contribution in [1.29, 1.82) is 0 Å². The van der Waals surface area contributed by atoms with Gasteiger partial charge in [-0.25, -0.2) is 4.79 Å². The van der Waals surface area contributed by atoms with E-state index < -0.39 is 29.8 Å². The zero-order chi connectivity index (χ0) is 14.1. The molecule has 2 unspecified atom stereocenters. The number of amides is 1. The topological polar surface area (TPSA) is 119 Å². The lowest BCUT2D eigenvalue weighted by molar-refractivity contribution is -0.144. The fourth-order valence-electron chi connectivity index (χ4n) is 1.37. The second kappa shape index (κ2) is 8.46. The number of hydrogen-bond donors (Lipinski definition) is 3. The average molecular weight is 260 g/mol. The number of carboxylic acids is 1. The Labute approximate surface area is 106 Å². The minimum Gasteiger partial charge on any atom is -0.480 e. The number of nitrogens with two attached hydrogens (primary N) is 1. The highest BCUT2D eigenvalue weighted by Crippen LogP contribution is 2.04. The summed E-state index contributed by atoms with van der Waals surface area (Å²) in [6.07, 6.45) is 0.466. The van der Waals surface area contributed by atoms with Gasteiger partial charge in [-0.2, -0.15) is 0 Å². The minimum absolute atomic E-state index is 0.00521. The number of methoxy groups -OCH3 is 1. The molecule has 4 N–H and O–H groups in total. The number of nitrogens with one attached hydrogen (secondary N) is 1. The number of carbonyl (C=O) groups excluding carboxylic acids is 2. The van der Waals surface area contributed by atoms with Crippen LogP contribution in [0.3, 0.4) is 0 Å². The van der Waals surface area contributed by atoms with Crippen molar-refractivity contribution < 1.29 is 24.2 Å². The Hall–Kier alpha value is -1.63. The summed E-state index contributed by atoms with van der Waals surface area (Å²) in [5.41, 5.74) is 5.40. The number of hydrogen-bond acceptors (Lipinski definition) is 5. The molecule has 0 rings (SSSR count). The van der Waals surface area contributed by atoms with Crippen LogP contribution in [0.2, 0.25) is 0 Å². The lowest BCUT2D eigenvalue weighted by Crippen LogP contribution is -2.45. The van der Waals surface area contributed by atoms with Gasteiger partial charge in [0.25, 0.3) is 0 Å². The van der Waals surface area contributed by atoms with Crippen molar-refractivity contribution in [3.63, 3.8) is 0 Å². The molecule has 0 aliphatic carbocycles. The second-order valence-electron chi connectivity index (χ2n) is 3.86. The standard InChI is InChI=1S/C11H20N2O5/c1-3-7(6-12)10(15)13-8(11(16)17)4-5-9(14)18-2/h7-8H,3-6,12H2,1-2H3,(H,13,15)(H,16,17). The Balaban J connectivity index is 4.40. The zero-order valence-electron chi connectivity index (χ0n) is 10.6. The SMILES string of the molecule is CCC(CN)C(=O)NC(CCC(=O)OC)C(=O)O. The van der Waals surface area contributed by atoms with Gasteiger partial charge in [-0.3, -0.25) is 9.59 Å². The number of esters is 1. The van der Waals surface area contributed by atoms with Crippen LogP contribution in [-0.2, 0) is 19.1 Å². The third kappa shape index (κ3) is 5.62. The molecule has 2 atom stereocenters. The molecule has 7 heteroatoms. The van der Waals surface area contributed by atoms with Crippen LogP contribution in [0.25, 0.3) is 0 Å². The summed E-state index contributed by atoms with van der Waals surface area (Å²) >= 11 is 0. The molecule has 0 aromatic rings. The van der Waals surface area contributed by atoms with Gasteiger partial charge in [-0.1, -0.05) is 6.92 Å². The summed E-state index contributed by atoms with van der Waals surface area (Å²) in [6.45, 7) is 1.95. The van der Waals surface area contributed by atoms with Crippen molar-refractivity contribution in [1.82, 2.24) is 5.32 Å². The van der Waals surface area contributed by atoms with Gasteiger partial charge in [0.2, 0.25) is 5.91 Å². The van der Waals surface area contributed by atoms with Crippen molar-refractivity contribution in [2.75, 3.05) is 13.7 Å². The molecule has 1 amide bonds. The van der Waals surface area contributed by atoms with Crippen molar-refractivity contribution in [3.05, 3.63) is 0 Å². The van der Waals surface area contributed by atoms with Gasteiger partial charge < -0.3 is 20.9 Å². The molecule has 0 spiro atoms. The second-order valence-corrected chi connectivity index (χ2v) is 3.86. The Morgan fingerprint density at radius 1 is 1.39 bits per heavy atom. The molecule has 104 valence electrons. The molecule has 0 aromatic heterocycles. The predicted molar refractivity (Wildman–Crippen MR) is 63.7 cm³/mol. The largest absolute Gasteiger partial charge is 0.480 e. The summed E-state index contributed by atoms with van der Waals surface area (Å²) in [7, 11) is 1.22. The normalized spacial score (nSPS) is 13.5. The number of aliphatic carboxylic acids is 1. The number of carbonyl (C=O) groups is 3. The van der Waals surface area contributed by atoms with Gasteiger partial charge >= 0.3 is 11.9 Å². The fourth-order valence-corrected chi connectivity index (χ4v) is 1.37. The van der Waals surface area contributed by atoms with E-state index in [-0.39, 0.29) is 19.4 Å². The van der Waals surface area contributed by atoms with Crippen LogP contribution >= 0.6 is 0 Å². The maximum atomic E-state index is 11.7. The van der Waals surface area contributed by atoms with E-state index in [2.05, 4.69) is 10.1 Å². The summed E-state index contributed by atoms with van der Waals surface area (Å²) < 4.78 is 4.41. The third-order valence-corrected chi connectivity index (χ3v) is 2.63. The first-order valence-corrected chi connectivity index (χ1v) is 5.76. The molecule has 0 saturated heterocycles. The Morgan fingerprint density at radius 3 is 2.39 bits per heavy atom. The van der Waals surface area contributed by atoms with Crippen molar-refractivity contribution in [2.24, 2.45) is 11.7 Å². The van der Waals surface area contributed by atoms with E-state index in [4.69, 9.17) is 10.8 Å². The highest BCUT2D eigenvalue weighted by Gasteiger charge is 2.24. The highest BCUT2D eigenvalue weighted by molar-refractivity contribution is 5.85. The Morgan fingerprint density at radius 2 is 2.00 bits per heavy atom. The first kappa shape index (κ1) is 16.4. The molecule has 0 bridgehead atoms. The molecule has 7 nitrogen and oxygen atoms in total. The van der Waals surface area contributed by atoms with Crippen LogP contribution in [0.1, 0.15) is 26.2 Å². The molecule has 0 aliphatic heterocycles. The quantitative estimate of drug-likeness (QED) is 0.506. The van der Waals surface area contributed by atoms with Gasteiger partial charge in [0.05, 0.1) is 7.11 Å². The van der Waals surface area contributed by atoms with E-state index in [0.29, 0.717) is 6.42 Å². The van der Waals surface area contributed by atoms with Crippen LogP contribution in [0.4, 0.5) is 0 Å². The van der Waals surface area contributed by atoms with Crippen LogP contribution in [0, 0.1) is 5.92 Å². The van der Waals surface area contributed by atoms with Crippen LogP contribution in [0.5, 0.6) is 0 Å². The molecule has 0 fully saturated rings. The smallest absolute Gasteiger partial charge is 0.326 e. The summed E-state index contributed by atoms with van der Waals surface area (Å²) in [5.74, 6) is -2.51. The average Bonchev–Trinajstić information content (AvgIpc) is 2.34. The zero-order valence-corrected chi connectivity index (χ0v) is 10.6. The van der Waals surface area contributed by atoms with Crippen molar-refractivity contribution in [3.8, 4) is 0 Å². The Bertz CT molecular complexity index is 302. The highest BCUT2D eigenvalue weighted by atomic mass is 16.5. The molecule has 0 heterocycles. The van der Waals surface area contributed by atoms with Crippen molar-refractivity contribution >= 4 is 17.8 Å². The Kier molecular flexibility index (Phi) is 7.69. The van der Waals surface area contributed by atoms with E-state index in [1.165, 1.54) is 7.11 Å². The fraction of sp³-hybridized carbons (Fsp3) is 0.727. The van der Waals surface area contributed by atoms with Crippen LogP contribution in [-0.4, -0.2) is 42.6 Å². The maximum Gasteiger partial charge on any atom is 0.326 e. The molecule has 0 radical (unpaired) electrons. The van der Waals surface area contributed by atoms with Gasteiger partial charge in [0, 0.05) is 18.9 Å². The predicted octanol–water partition coefficient (Wildman–Crippen LogP) is -0.506. The molecular formula is C11H20N2O5.